The van der Waals surface area contributed by atoms with Gasteiger partial charge in [0.05, 0.1) is 17.3 Å². The van der Waals surface area contributed by atoms with Crippen molar-refractivity contribution in [2.45, 2.75) is 13.8 Å². The molecule has 1 aromatic rings. The molecule has 1 aromatic heterocycles. The molecule has 0 saturated carbocycles. The van der Waals surface area contributed by atoms with Crippen molar-refractivity contribution < 1.29 is 4.79 Å². The van der Waals surface area contributed by atoms with Gasteiger partial charge in [-0.1, -0.05) is 0 Å². The number of dihydropyridines is 1. The van der Waals surface area contributed by atoms with E-state index in [0.29, 0.717) is 12.4 Å². The van der Waals surface area contributed by atoms with Crippen LogP contribution in [0.15, 0.2) is 28.4 Å². The van der Waals surface area contributed by atoms with Crippen LogP contribution in [0.5, 0.6) is 0 Å². The molecule has 2 aliphatic rings. The van der Waals surface area contributed by atoms with Crippen molar-refractivity contribution >= 4 is 23.0 Å². The lowest BCUT2D eigenvalue weighted by atomic mass is 9.89. The van der Waals surface area contributed by atoms with Gasteiger partial charge in [0.25, 0.3) is 5.91 Å². The molecule has 0 fully saturated rings. The van der Waals surface area contributed by atoms with E-state index in [9.17, 15) is 4.79 Å². The number of rotatable bonds is 2. The molecule has 1 amide bonds. The van der Waals surface area contributed by atoms with Gasteiger partial charge in [-0.3, -0.25) is 14.5 Å². The summed E-state index contributed by atoms with van der Waals surface area (Å²) >= 11 is 0. The van der Waals surface area contributed by atoms with Gasteiger partial charge in [0.2, 0.25) is 0 Å². The minimum Gasteiger partial charge on any atom is -0.275 e. The summed E-state index contributed by atoms with van der Waals surface area (Å²) in [5.74, 6) is 0.427. The summed E-state index contributed by atoms with van der Waals surface area (Å²) in [6, 6.07) is 1.91. The summed E-state index contributed by atoms with van der Waals surface area (Å²) in [6.07, 6.45) is 3.43. The second-order valence-electron chi connectivity index (χ2n) is 4.67. The van der Waals surface area contributed by atoms with E-state index >= 15 is 0 Å². The summed E-state index contributed by atoms with van der Waals surface area (Å²) < 4.78 is 1.73. The minimum atomic E-state index is -0.241. The van der Waals surface area contributed by atoms with Gasteiger partial charge in [0, 0.05) is 31.4 Å². The van der Waals surface area contributed by atoms with Crippen LogP contribution in [0.25, 0.3) is 5.57 Å². The first-order valence-corrected chi connectivity index (χ1v) is 6.27. The SMILES string of the molecule is CCN1N=C(C)C2C(c3ccn(C)n3)=CC(=O)N=C21. The van der Waals surface area contributed by atoms with Crippen molar-refractivity contribution in [2.75, 3.05) is 6.54 Å². The Morgan fingerprint density at radius 1 is 1.42 bits per heavy atom. The Kier molecular flexibility index (Phi) is 2.58. The number of nitrogens with zero attached hydrogens (tertiary/aromatic N) is 5. The Morgan fingerprint density at radius 3 is 2.84 bits per heavy atom. The highest BCUT2D eigenvalue weighted by molar-refractivity contribution is 6.24. The molecule has 0 aromatic carbocycles. The molecule has 6 nitrogen and oxygen atoms in total. The average Bonchev–Trinajstić information content (AvgIpc) is 2.93. The van der Waals surface area contributed by atoms with Crippen LogP contribution in [-0.2, 0) is 11.8 Å². The van der Waals surface area contributed by atoms with E-state index < -0.39 is 0 Å². The van der Waals surface area contributed by atoms with Crippen molar-refractivity contribution in [2.24, 2.45) is 23.1 Å². The van der Waals surface area contributed by atoms with Crippen molar-refractivity contribution in [1.29, 1.82) is 0 Å². The largest absolute Gasteiger partial charge is 0.275 e. The number of hydrogen-bond acceptors (Lipinski definition) is 4. The zero-order valence-corrected chi connectivity index (χ0v) is 11.2. The van der Waals surface area contributed by atoms with Gasteiger partial charge in [-0.2, -0.15) is 15.2 Å². The topological polar surface area (TPSA) is 62.9 Å². The fourth-order valence-electron chi connectivity index (χ4n) is 2.51. The zero-order chi connectivity index (χ0) is 13.6. The molecular weight excluding hydrogens is 242 g/mol. The summed E-state index contributed by atoms with van der Waals surface area (Å²) in [4.78, 5) is 15.9. The van der Waals surface area contributed by atoms with Gasteiger partial charge in [-0.15, -0.1) is 0 Å². The smallest absolute Gasteiger partial charge is 0.271 e. The van der Waals surface area contributed by atoms with Crippen LogP contribution in [0.4, 0.5) is 0 Å². The maximum Gasteiger partial charge on any atom is 0.271 e. The van der Waals surface area contributed by atoms with Gasteiger partial charge in [0.15, 0.2) is 0 Å². The second-order valence-corrected chi connectivity index (χ2v) is 4.67. The maximum absolute atomic E-state index is 11.8. The van der Waals surface area contributed by atoms with E-state index in [1.807, 2.05) is 33.2 Å². The molecule has 98 valence electrons. The fourth-order valence-corrected chi connectivity index (χ4v) is 2.51. The highest BCUT2D eigenvalue weighted by atomic mass is 16.1. The van der Waals surface area contributed by atoms with Gasteiger partial charge >= 0.3 is 0 Å². The summed E-state index contributed by atoms with van der Waals surface area (Å²) in [5.41, 5.74) is 2.64. The Morgan fingerprint density at radius 2 is 2.21 bits per heavy atom. The molecule has 0 bridgehead atoms. The predicted octanol–water partition coefficient (Wildman–Crippen LogP) is 1.07. The summed E-state index contributed by atoms with van der Waals surface area (Å²) in [6.45, 7) is 4.66. The number of aliphatic imine (C=N–C) groups is 1. The molecular formula is C13H15N5O. The number of amidine groups is 1. The number of aryl methyl sites for hydroxylation is 1. The van der Waals surface area contributed by atoms with Crippen LogP contribution >= 0.6 is 0 Å². The standard InChI is InChI=1S/C13H15N5O/c1-4-18-13-12(8(2)15-18)9(7-11(19)14-13)10-5-6-17(3)16-10/h5-7,12H,4H2,1-3H3. The van der Waals surface area contributed by atoms with Crippen molar-refractivity contribution in [1.82, 2.24) is 14.8 Å². The van der Waals surface area contributed by atoms with E-state index in [1.165, 1.54) is 0 Å². The van der Waals surface area contributed by atoms with Gasteiger partial charge in [-0.25, -0.2) is 0 Å². The number of amides is 1. The van der Waals surface area contributed by atoms with Crippen LogP contribution in [0.1, 0.15) is 19.5 Å². The lowest BCUT2D eigenvalue weighted by Crippen LogP contribution is -2.31. The van der Waals surface area contributed by atoms with E-state index in [-0.39, 0.29) is 11.8 Å². The maximum atomic E-state index is 11.8. The number of carbonyl (C=O) groups is 1. The van der Waals surface area contributed by atoms with Crippen molar-refractivity contribution in [3.63, 3.8) is 0 Å². The number of hydrazone groups is 1. The lowest BCUT2D eigenvalue weighted by molar-refractivity contribution is -0.113. The molecule has 0 aliphatic carbocycles. The van der Waals surface area contributed by atoms with Crippen LogP contribution < -0.4 is 0 Å². The highest BCUT2D eigenvalue weighted by Gasteiger charge is 2.37. The third-order valence-electron chi connectivity index (χ3n) is 3.34. The van der Waals surface area contributed by atoms with Crippen molar-refractivity contribution in [3.8, 4) is 0 Å². The first-order chi connectivity index (χ1) is 9.10. The minimum absolute atomic E-state index is 0.0486. The molecule has 1 unspecified atom stereocenters. The third-order valence-corrected chi connectivity index (χ3v) is 3.34. The molecule has 0 radical (unpaired) electrons. The quantitative estimate of drug-likeness (QED) is 0.796. The van der Waals surface area contributed by atoms with Gasteiger partial charge < -0.3 is 0 Å². The molecule has 19 heavy (non-hydrogen) atoms. The molecule has 0 saturated heterocycles. The molecule has 0 N–H and O–H groups in total. The zero-order valence-electron chi connectivity index (χ0n) is 11.2. The first kappa shape index (κ1) is 11.8. The normalized spacial score (nSPS) is 22.1. The van der Waals surface area contributed by atoms with Crippen LogP contribution in [0, 0.1) is 5.92 Å². The Labute approximate surface area is 111 Å². The Hall–Kier alpha value is -2.24. The van der Waals surface area contributed by atoms with E-state index in [0.717, 1.165) is 17.0 Å². The summed E-state index contributed by atoms with van der Waals surface area (Å²) in [7, 11) is 1.86. The Balaban J connectivity index is 2.07. The van der Waals surface area contributed by atoms with Gasteiger partial charge in [0.1, 0.15) is 5.84 Å². The molecule has 3 heterocycles. The van der Waals surface area contributed by atoms with E-state index in [2.05, 4.69) is 15.2 Å². The van der Waals surface area contributed by atoms with E-state index in [4.69, 9.17) is 0 Å². The second kappa shape index (κ2) is 4.15. The van der Waals surface area contributed by atoms with Crippen LogP contribution in [0.2, 0.25) is 0 Å². The summed E-state index contributed by atoms with van der Waals surface area (Å²) in [5, 5.41) is 10.6. The fraction of sp³-hybridized carbons (Fsp3) is 0.385. The molecule has 2 aliphatic heterocycles. The van der Waals surface area contributed by atoms with Crippen LogP contribution in [-0.4, -0.2) is 38.8 Å². The van der Waals surface area contributed by atoms with E-state index in [1.54, 1.807) is 15.8 Å². The Bertz CT molecular complexity index is 637. The molecule has 1 atom stereocenters. The van der Waals surface area contributed by atoms with Crippen molar-refractivity contribution in [3.05, 3.63) is 24.0 Å². The first-order valence-electron chi connectivity index (χ1n) is 6.27. The highest BCUT2D eigenvalue weighted by Crippen LogP contribution is 2.33. The van der Waals surface area contributed by atoms with Crippen LogP contribution in [0.3, 0.4) is 0 Å². The lowest BCUT2D eigenvalue weighted by Gasteiger charge is -2.21. The molecule has 6 heteroatoms. The van der Waals surface area contributed by atoms with Gasteiger partial charge in [-0.05, 0) is 19.9 Å². The molecule has 3 rings (SSSR count). The number of fused-ring (bicyclic) bond motifs is 1. The number of aromatic nitrogens is 2. The monoisotopic (exact) mass is 257 g/mol. The number of carbonyl (C=O) groups excluding carboxylic acids is 1. The average molecular weight is 257 g/mol. The predicted molar refractivity (Wildman–Crippen MR) is 72.6 cm³/mol. The molecule has 0 spiro atoms. The number of hydrogen-bond donors (Lipinski definition) is 0. The third kappa shape index (κ3) is 1.80.